The lowest BCUT2D eigenvalue weighted by molar-refractivity contribution is 0.265. The van der Waals surface area contributed by atoms with E-state index in [-0.39, 0.29) is 10.7 Å². The van der Waals surface area contributed by atoms with Crippen LogP contribution in [0.25, 0.3) is 0 Å². The fourth-order valence-electron chi connectivity index (χ4n) is 2.43. The molecule has 0 saturated carbocycles. The highest BCUT2D eigenvalue weighted by atomic mass is 32.2. The minimum Gasteiger partial charge on any atom is -0.383 e. The maximum absolute atomic E-state index is 12.2. The monoisotopic (exact) mass is 298 g/mol. The average molecular weight is 298 g/mol. The van der Waals surface area contributed by atoms with Crippen molar-refractivity contribution in [2.45, 2.75) is 31.2 Å². The summed E-state index contributed by atoms with van der Waals surface area (Å²) in [6.45, 7) is 6.72. The number of sulfonamides is 1. The predicted molar refractivity (Wildman–Crippen MR) is 78.7 cm³/mol. The predicted octanol–water partition coefficient (Wildman–Crippen LogP) is 0.672. The van der Waals surface area contributed by atoms with Crippen LogP contribution in [0.5, 0.6) is 0 Å². The number of nitrogen functional groups attached to an aromatic ring is 1. The fourth-order valence-corrected chi connectivity index (χ4v) is 3.63. The van der Waals surface area contributed by atoms with Gasteiger partial charge in [0.1, 0.15) is 10.7 Å². The first-order valence-corrected chi connectivity index (χ1v) is 8.32. The van der Waals surface area contributed by atoms with Gasteiger partial charge in [-0.25, -0.2) is 18.1 Å². The standard InChI is InChI=1S/C13H22N4O2S/c1-10(2)17-7-5-11(9-17)8-16-20(18,19)12-4-3-6-15-13(12)14/h3-4,6,10-11,16H,5,7-9H2,1-2H3,(H2,14,15). The van der Waals surface area contributed by atoms with Crippen molar-refractivity contribution in [1.82, 2.24) is 14.6 Å². The van der Waals surface area contributed by atoms with Gasteiger partial charge in [-0.3, -0.25) is 0 Å². The SMILES string of the molecule is CC(C)N1CCC(CNS(=O)(=O)c2cccnc2N)C1. The van der Waals surface area contributed by atoms with Gasteiger partial charge in [0.2, 0.25) is 10.0 Å². The van der Waals surface area contributed by atoms with Gasteiger partial charge in [0.15, 0.2) is 0 Å². The van der Waals surface area contributed by atoms with Gasteiger partial charge in [0, 0.05) is 25.3 Å². The van der Waals surface area contributed by atoms with Gasteiger partial charge >= 0.3 is 0 Å². The van der Waals surface area contributed by atoms with E-state index >= 15 is 0 Å². The Morgan fingerprint density at radius 2 is 2.30 bits per heavy atom. The van der Waals surface area contributed by atoms with Gasteiger partial charge in [-0.1, -0.05) is 0 Å². The summed E-state index contributed by atoms with van der Waals surface area (Å²) in [6.07, 6.45) is 2.50. The number of nitrogens with zero attached hydrogens (tertiary/aromatic N) is 2. The molecule has 1 aromatic rings. The molecule has 2 rings (SSSR count). The molecule has 1 aromatic heterocycles. The Morgan fingerprint density at radius 3 is 2.90 bits per heavy atom. The van der Waals surface area contributed by atoms with Crippen LogP contribution in [-0.4, -0.2) is 44.0 Å². The number of anilines is 1. The van der Waals surface area contributed by atoms with E-state index in [1.54, 1.807) is 6.07 Å². The third-order valence-corrected chi connectivity index (χ3v) is 5.17. The molecule has 2 heterocycles. The second kappa shape index (κ2) is 6.07. The van der Waals surface area contributed by atoms with Crippen molar-refractivity contribution in [2.24, 2.45) is 5.92 Å². The third-order valence-electron chi connectivity index (χ3n) is 3.70. The van der Waals surface area contributed by atoms with Crippen molar-refractivity contribution in [3.05, 3.63) is 18.3 Å². The highest BCUT2D eigenvalue weighted by molar-refractivity contribution is 7.89. The summed E-state index contributed by atoms with van der Waals surface area (Å²) < 4.78 is 27.0. The Kier molecular flexibility index (Phi) is 4.62. The molecule has 1 unspecified atom stereocenters. The summed E-state index contributed by atoms with van der Waals surface area (Å²) >= 11 is 0. The van der Waals surface area contributed by atoms with Gasteiger partial charge in [0.05, 0.1) is 0 Å². The van der Waals surface area contributed by atoms with E-state index in [0.29, 0.717) is 18.5 Å². The number of rotatable bonds is 5. The average Bonchev–Trinajstić information content (AvgIpc) is 2.86. The first-order chi connectivity index (χ1) is 9.40. The number of hydrogen-bond acceptors (Lipinski definition) is 5. The van der Waals surface area contributed by atoms with Gasteiger partial charge in [-0.15, -0.1) is 0 Å². The second-order valence-electron chi connectivity index (χ2n) is 5.48. The van der Waals surface area contributed by atoms with Crippen molar-refractivity contribution >= 4 is 15.8 Å². The zero-order chi connectivity index (χ0) is 14.8. The first kappa shape index (κ1) is 15.2. The summed E-state index contributed by atoms with van der Waals surface area (Å²) in [7, 11) is -3.57. The minimum absolute atomic E-state index is 0.0372. The fraction of sp³-hybridized carbons (Fsp3) is 0.615. The van der Waals surface area contributed by atoms with Crippen LogP contribution in [0, 0.1) is 5.92 Å². The molecule has 1 aliphatic rings. The van der Waals surface area contributed by atoms with Crippen LogP contribution in [0.15, 0.2) is 23.2 Å². The Hall–Kier alpha value is -1.18. The molecular formula is C13H22N4O2S. The molecule has 0 radical (unpaired) electrons. The lowest BCUT2D eigenvalue weighted by Gasteiger charge is -2.20. The molecule has 7 heteroatoms. The summed E-state index contributed by atoms with van der Waals surface area (Å²) in [6, 6.07) is 3.55. The van der Waals surface area contributed by atoms with Crippen LogP contribution in [0.2, 0.25) is 0 Å². The molecule has 0 aromatic carbocycles. The summed E-state index contributed by atoms with van der Waals surface area (Å²) in [5, 5.41) is 0. The maximum Gasteiger partial charge on any atom is 0.244 e. The molecule has 6 nitrogen and oxygen atoms in total. The molecule has 1 fully saturated rings. The lowest BCUT2D eigenvalue weighted by Crippen LogP contribution is -2.33. The molecule has 0 amide bonds. The van der Waals surface area contributed by atoms with Crippen LogP contribution in [-0.2, 0) is 10.0 Å². The van der Waals surface area contributed by atoms with E-state index in [1.807, 2.05) is 0 Å². The number of pyridine rings is 1. The zero-order valence-corrected chi connectivity index (χ0v) is 12.7. The molecule has 1 aliphatic heterocycles. The molecule has 0 bridgehead atoms. The van der Waals surface area contributed by atoms with E-state index in [2.05, 4.69) is 28.5 Å². The van der Waals surface area contributed by atoms with E-state index in [9.17, 15) is 8.42 Å². The van der Waals surface area contributed by atoms with Crippen molar-refractivity contribution in [2.75, 3.05) is 25.4 Å². The van der Waals surface area contributed by atoms with E-state index < -0.39 is 10.0 Å². The van der Waals surface area contributed by atoms with Gasteiger partial charge in [-0.2, -0.15) is 0 Å². The first-order valence-electron chi connectivity index (χ1n) is 6.84. The van der Waals surface area contributed by atoms with Crippen molar-refractivity contribution < 1.29 is 8.42 Å². The zero-order valence-electron chi connectivity index (χ0n) is 11.9. The minimum atomic E-state index is -3.57. The summed E-state index contributed by atoms with van der Waals surface area (Å²) in [4.78, 5) is 6.22. The number of likely N-dealkylation sites (tertiary alicyclic amines) is 1. The molecule has 1 atom stereocenters. The molecule has 20 heavy (non-hydrogen) atoms. The molecule has 0 aliphatic carbocycles. The third kappa shape index (κ3) is 3.47. The van der Waals surface area contributed by atoms with E-state index in [0.717, 1.165) is 19.5 Å². The Morgan fingerprint density at radius 1 is 1.55 bits per heavy atom. The van der Waals surface area contributed by atoms with E-state index in [1.165, 1.54) is 12.3 Å². The Labute approximate surface area is 120 Å². The van der Waals surface area contributed by atoms with Crippen LogP contribution in [0.3, 0.4) is 0 Å². The smallest absolute Gasteiger partial charge is 0.244 e. The summed E-state index contributed by atoms with van der Waals surface area (Å²) in [5.74, 6) is 0.389. The number of nitrogens with two attached hydrogens (primary N) is 1. The van der Waals surface area contributed by atoms with Gasteiger partial charge < -0.3 is 10.6 Å². The quantitative estimate of drug-likeness (QED) is 0.834. The number of aromatic nitrogens is 1. The number of hydrogen-bond donors (Lipinski definition) is 2. The molecule has 0 spiro atoms. The van der Waals surface area contributed by atoms with Crippen LogP contribution >= 0.6 is 0 Å². The van der Waals surface area contributed by atoms with Crippen LogP contribution in [0.4, 0.5) is 5.82 Å². The van der Waals surface area contributed by atoms with Gasteiger partial charge in [0.25, 0.3) is 0 Å². The Balaban J connectivity index is 1.96. The van der Waals surface area contributed by atoms with Crippen LogP contribution < -0.4 is 10.5 Å². The topological polar surface area (TPSA) is 88.3 Å². The van der Waals surface area contributed by atoms with Crippen molar-refractivity contribution in [3.8, 4) is 0 Å². The van der Waals surface area contributed by atoms with Gasteiger partial charge in [-0.05, 0) is 44.9 Å². The van der Waals surface area contributed by atoms with Crippen LogP contribution in [0.1, 0.15) is 20.3 Å². The molecule has 3 N–H and O–H groups in total. The van der Waals surface area contributed by atoms with Crippen molar-refractivity contribution in [3.63, 3.8) is 0 Å². The largest absolute Gasteiger partial charge is 0.383 e. The second-order valence-corrected chi connectivity index (χ2v) is 7.22. The molecule has 1 saturated heterocycles. The lowest BCUT2D eigenvalue weighted by atomic mass is 10.1. The highest BCUT2D eigenvalue weighted by Crippen LogP contribution is 2.19. The normalized spacial score (nSPS) is 20.6. The molecular weight excluding hydrogens is 276 g/mol. The Bertz CT molecular complexity index is 559. The maximum atomic E-state index is 12.2. The number of nitrogens with one attached hydrogen (secondary N) is 1. The molecule has 112 valence electrons. The van der Waals surface area contributed by atoms with Crippen molar-refractivity contribution in [1.29, 1.82) is 0 Å². The summed E-state index contributed by atoms with van der Waals surface area (Å²) in [5.41, 5.74) is 5.61. The van der Waals surface area contributed by atoms with E-state index in [4.69, 9.17) is 5.73 Å². The highest BCUT2D eigenvalue weighted by Gasteiger charge is 2.26.